The lowest BCUT2D eigenvalue weighted by Crippen LogP contribution is -2.06. The Morgan fingerprint density at radius 3 is 3.18 bits per heavy atom. The van der Waals surface area contributed by atoms with Gasteiger partial charge in [-0.3, -0.25) is 0 Å². The molecule has 0 aromatic heterocycles. The van der Waals surface area contributed by atoms with Gasteiger partial charge in [0.05, 0.1) is 0 Å². The maximum absolute atomic E-state index is 11.0. The summed E-state index contributed by atoms with van der Waals surface area (Å²) in [6.45, 7) is 2.60. The summed E-state index contributed by atoms with van der Waals surface area (Å²) in [5, 5.41) is 0. The molecule has 1 saturated heterocycles. The molecule has 2 nitrogen and oxygen atoms in total. The van der Waals surface area contributed by atoms with E-state index in [1.165, 1.54) is 0 Å². The van der Waals surface area contributed by atoms with Crippen LogP contribution in [0.4, 0.5) is 0 Å². The molecule has 58 valence electrons. The topological polar surface area (TPSA) is 26.3 Å². The van der Waals surface area contributed by atoms with E-state index in [-0.39, 0.29) is 11.9 Å². The summed E-state index contributed by atoms with van der Waals surface area (Å²) < 4.78 is 4.89. The van der Waals surface area contributed by atoms with Gasteiger partial charge < -0.3 is 4.74 Å². The molecule has 1 aliphatic carbocycles. The molecule has 2 aliphatic rings. The predicted molar refractivity (Wildman–Crippen MR) is 40.8 cm³/mol. The Bertz CT molecular complexity index is 250. The van der Waals surface area contributed by atoms with Gasteiger partial charge in [-0.25, -0.2) is 4.79 Å². The van der Waals surface area contributed by atoms with E-state index < -0.39 is 0 Å². The van der Waals surface area contributed by atoms with Crippen molar-refractivity contribution in [3.8, 4) is 0 Å². The van der Waals surface area contributed by atoms with E-state index >= 15 is 0 Å². The lowest BCUT2D eigenvalue weighted by Gasteiger charge is -2.10. The summed E-state index contributed by atoms with van der Waals surface area (Å²) in [6, 6.07) is 0. The van der Waals surface area contributed by atoms with Crippen molar-refractivity contribution in [1.29, 1.82) is 0 Å². The van der Waals surface area contributed by atoms with Gasteiger partial charge in [0.25, 0.3) is 0 Å². The van der Waals surface area contributed by atoms with Crippen molar-refractivity contribution in [3.63, 3.8) is 0 Å². The Morgan fingerprint density at radius 2 is 2.36 bits per heavy atom. The van der Waals surface area contributed by atoms with Gasteiger partial charge >= 0.3 is 5.97 Å². The molecular weight excluding hydrogens is 140 g/mol. The highest BCUT2D eigenvalue weighted by molar-refractivity contribution is 5.91. The van der Waals surface area contributed by atoms with Crippen LogP contribution in [0.5, 0.6) is 0 Å². The molecule has 2 heteroatoms. The molecule has 0 aromatic rings. The van der Waals surface area contributed by atoms with Crippen LogP contribution in [0.3, 0.4) is 0 Å². The Hall–Kier alpha value is -1.05. The fourth-order valence-electron chi connectivity index (χ4n) is 1.49. The van der Waals surface area contributed by atoms with Gasteiger partial charge in [-0.1, -0.05) is 25.2 Å². The second kappa shape index (κ2) is 2.22. The van der Waals surface area contributed by atoms with E-state index in [1.807, 2.05) is 6.08 Å². The van der Waals surface area contributed by atoms with Gasteiger partial charge in [-0.15, -0.1) is 0 Å². The zero-order valence-corrected chi connectivity index (χ0v) is 6.41. The fourth-order valence-corrected chi connectivity index (χ4v) is 1.49. The van der Waals surface area contributed by atoms with Crippen molar-refractivity contribution >= 4 is 5.97 Å². The van der Waals surface area contributed by atoms with Gasteiger partial charge in [0, 0.05) is 11.5 Å². The van der Waals surface area contributed by atoms with Gasteiger partial charge in [0.1, 0.15) is 6.61 Å². The molecule has 1 heterocycles. The number of rotatable bonds is 0. The Labute approximate surface area is 65.5 Å². The number of hydrogen-bond acceptors (Lipinski definition) is 2. The normalized spacial score (nSPS) is 34.6. The molecule has 0 aromatic carbocycles. The third-order valence-electron chi connectivity index (χ3n) is 2.12. The van der Waals surface area contributed by atoms with Crippen LogP contribution in [-0.4, -0.2) is 12.6 Å². The first-order valence-corrected chi connectivity index (χ1v) is 3.84. The van der Waals surface area contributed by atoms with Crippen LogP contribution in [0.2, 0.25) is 0 Å². The molecule has 0 N–H and O–H groups in total. The molecular formula is C9H10O2. The molecule has 0 amide bonds. The second-order valence-electron chi connectivity index (χ2n) is 3.07. The zero-order valence-electron chi connectivity index (χ0n) is 6.41. The first-order valence-electron chi connectivity index (χ1n) is 3.84. The van der Waals surface area contributed by atoms with E-state index in [0.29, 0.717) is 12.5 Å². The minimum Gasteiger partial charge on any atom is -0.461 e. The van der Waals surface area contributed by atoms with Gasteiger partial charge in [-0.05, 0) is 5.92 Å². The third kappa shape index (κ3) is 0.985. The number of carbonyl (C=O) groups excluding carboxylic acids is 1. The first-order chi connectivity index (χ1) is 5.27. The molecule has 1 fully saturated rings. The number of ether oxygens (including phenoxy) is 1. The number of esters is 1. The summed E-state index contributed by atoms with van der Waals surface area (Å²) in [4.78, 5) is 11.0. The molecule has 1 aliphatic heterocycles. The third-order valence-corrected chi connectivity index (χ3v) is 2.12. The summed E-state index contributed by atoms with van der Waals surface area (Å²) >= 11 is 0. The van der Waals surface area contributed by atoms with E-state index in [9.17, 15) is 4.79 Å². The Morgan fingerprint density at radius 1 is 1.55 bits per heavy atom. The van der Waals surface area contributed by atoms with Crippen LogP contribution in [-0.2, 0) is 9.53 Å². The monoisotopic (exact) mass is 150 g/mol. The molecule has 11 heavy (non-hydrogen) atoms. The van der Waals surface area contributed by atoms with Crippen LogP contribution in [0.1, 0.15) is 6.92 Å². The van der Waals surface area contributed by atoms with Crippen molar-refractivity contribution < 1.29 is 9.53 Å². The molecule has 0 spiro atoms. The molecule has 0 unspecified atom stereocenters. The van der Waals surface area contributed by atoms with E-state index in [1.54, 1.807) is 0 Å². The minimum absolute atomic E-state index is 0.133. The summed E-state index contributed by atoms with van der Waals surface area (Å²) in [5.74, 6) is 0.483. The highest BCUT2D eigenvalue weighted by Crippen LogP contribution is 2.28. The van der Waals surface area contributed by atoms with Gasteiger partial charge in [0.2, 0.25) is 0 Å². The average Bonchev–Trinajstić information content (AvgIpc) is 2.33. The number of carbonyl (C=O) groups is 1. The second-order valence-corrected chi connectivity index (χ2v) is 3.07. The highest BCUT2D eigenvalue weighted by Gasteiger charge is 2.30. The molecule has 2 atom stereocenters. The smallest absolute Gasteiger partial charge is 0.334 e. The summed E-state index contributed by atoms with van der Waals surface area (Å²) in [6.07, 6.45) is 6.15. The quantitative estimate of drug-likeness (QED) is 0.384. The van der Waals surface area contributed by atoms with Crippen molar-refractivity contribution in [2.75, 3.05) is 6.61 Å². The van der Waals surface area contributed by atoms with Gasteiger partial charge in [-0.2, -0.15) is 0 Å². The van der Waals surface area contributed by atoms with Crippen molar-refractivity contribution in [3.05, 3.63) is 23.8 Å². The molecule has 2 rings (SSSR count). The van der Waals surface area contributed by atoms with Gasteiger partial charge in [0.15, 0.2) is 0 Å². The first kappa shape index (κ1) is 6.65. The fraction of sp³-hybridized carbons (Fsp3) is 0.444. The van der Waals surface area contributed by atoms with E-state index in [2.05, 4.69) is 19.1 Å². The number of allylic oxidation sites excluding steroid dienone is 2. The maximum Gasteiger partial charge on any atom is 0.334 e. The molecule has 0 saturated carbocycles. The van der Waals surface area contributed by atoms with E-state index in [4.69, 9.17) is 4.74 Å². The highest BCUT2D eigenvalue weighted by atomic mass is 16.5. The predicted octanol–water partition coefficient (Wildman–Crippen LogP) is 1.29. The van der Waals surface area contributed by atoms with Crippen LogP contribution >= 0.6 is 0 Å². The summed E-state index contributed by atoms with van der Waals surface area (Å²) in [5.41, 5.74) is 0.847. The lowest BCUT2D eigenvalue weighted by atomic mass is 9.91. The van der Waals surface area contributed by atoms with Crippen molar-refractivity contribution in [2.45, 2.75) is 6.92 Å². The Balaban J connectivity index is 2.32. The summed E-state index contributed by atoms with van der Waals surface area (Å²) in [7, 11) is 0. The van der Waals surface area contributed by atoms with Crippen molar-refractivity contribution in [2.24, 2.45) is 11.8 Å². The van der Waals surface area contributed by atoms with Crippen LogP contribution in [0, 0.1) is 11.8 Å². The average molecular weight is 150 g/mol. The Kier molecular flexibility index (Phi) is 1.34. The number of cyclic esters (lactones) is 1. The van der Waals surface area contributed by atoms with Crippen molar-refractivity contribution in [1.82, 2.24) is 0 Å². The molecule has 0 bridgehead atoms. The number of fused-ring (bicyclic) bond motifs is 1. The number of hydrogen-bond donors (Lipinski definition) is 0. The van der Waals surface area contributed by atoms with Crippen LogP contribution in [0.25, 0.3) is 0 Å². The SMILES string of the molecule is C[C@@H]1C=C[C@@H]2COC(=O)C2=C1. The zero-order chi connectivity index (χ0) is 7.84. The van der Waals surface area contributed by atoms with Crippen LogP contribution < -0.4 is 0 Å². The van der Waals surface area contributed by atoms with Crippen LogP contribution in [0.15, 0.2) is 23.8 Å². The molecule has 0 radical (unpaired) electrons. The largest absolute Gasteiger partial charge is 0.461 e. The maximum atomic E-state index is 11.0. The standard InChI is InChI=1S/C9H10O2/c1-6-2-3-7-5-11-9(10)8(7)4-6/h2-4,6-7H,5H2,1H3/t6-,7-/m1/s1. The minimum atomic E-state index is -0.133. The lowest BCUT2D eigenvalue weighted by molar-refractivity contribution is -0.135. The van der Waals surface area contributed by atoms with E-state index in [0.717, 1.165) is 5.57 Å².